The van der Waals surface area contributed by atoms with Gasteiger partial charge in [-0.3, -0.25) is 0 Å². The number of nitrogens with zero attached hydrogens (tertiary/aromatic N) is 5. The molecule has 0 N–H and O–H groups in total. The Labute approximate surface area is 463 Å². The summed E-state index contributed by atoms with van der Waals surface area (Å²) < 4.78 is 4.83. The van der Waals surface area contributed by atoms with Gasteiger partial charge in [0, 0.05) is 49.4 Å². The average molecular weight is 1020 g/mol. The van der Waals surface area contributed by atoms with Gasteiger partial charge in [-0.15, -0.1) is 0 Å². The number of benzene rings is 12. The summed E-state index contributed by atoms with van der Waals surface area (Å²) in [5, 5.41) is 4.88. The molecule has 0 aliphatic carbocycles. The molecule has 0 bridgehead atoms. The molecular formula is C75H49N5. The first-order valence-corrected chi connectivity index (χ1v) is 27.2. The van der Waals surface area contributed by atoms with Crippen molar-refractivity contribution in [3.63, 3.8) is 0 Å². The van der Waals surface area contributed by atoms with Gasteiger partial charge in [-0.05, 0) is 105 Å². The van der Waals surface area contributed by atoms with Crippen molar-refractivity contribution in [3.05, 3.63) is 297 Å². The largest absolute Gasteiger partial charge is 0.309 e. The van der Waals surface area contributed by atoms with Crippen LogP contribution in [0.25, 0.3) is 145 Å². The number of fused-ring (bicyclic) bond motifs is 6. The summed E-state index contributed by atoms with van der Waals surface area (Å²) in [4.78, 5) is 15.8. The molecule has 0 saturated heterocycles. The zero-order valence-electron chi connectivity index (χ0n) is 43.5. The molecule has 374 valence electrons. The number of aromatic nitrogens is 5. The van der Waals surface area contributed by atoms with Crippen LogP contribution in [0.5, 0.6) is 0 Å². The van der Waals surface area contributed by atoms with E-state index in [9.17, 15) is 0 Å². The molecule has 0 spiro atoms. The van der Waals surface area contributed by atoms with Crippen LogP contribution in [0.1, 0.15) is 0 Å². The van der Waals surface area contributed by atoms with Crippen molar-refractivity contribution in [2.75, 3.05) is 0 Å². The molecule has 0 aliphatic heterocycles. The lowest BCUT2D eigenvalue weighted by Gasteiger charge is -2.17. The number of rotatable bonds is 10. The van der Waals surface area contributed by atoms with E-state index in [4.69, 9.17) is 15.0 Å². The molecule has 0 radical (unpaired) electrons. The highest BCUT2D eigenvalue weighted by molar-refractivity contribution is 6.11. The van der Waals surface area contributed by atoms with Gasteiger partial charge in [0.15, 0.2) is 17.5 Å². The van der Waals surface area contributed by atoms with Crippen LogP contribution >= 0.6 is 0 Å². The average Bonchev–Trinajstić information content (AvgIpc) is 4.19. The van der Waals surface area contributed by atoms with Crippen LogP contribution in [0.2, 0.25) is 0 Å². The Hall–Kier alpha value is -10.8. The molecule has 0 fully saturated rings. The van der Waals surface area contributed by atoms with Gasteiger partial charge in [0.1, 0.15) is 0 Å². The Kier molecular flexibility index (Phi) is 11.4. The standard InChI is InChI=1S/C75H49N5/c1-4-20-50(21-5-1)55-26-18-27-56(46-55)58-43-45-71(79-67-34-14-10-30-61(67)62-31-11-15-35-68(62)79)65(49-58)52-38-40-54(41-39-52)74-76-73(53-24-8-3-9-25-53)77-75(78-74)60-29-19-28-59(47-60)66-48-57(51-22-6-2-7-23-51)42-44-72(66)80-69-36-16-12-32-63(69)64-33-13-17-37-70(64)80/h1-49H. The minimum atomic E-state index is 0.594. The van der Waals surface area contributed by atoms with Crippen LogP contribution in [-0.4, -0.2) is 24.1 Å². The van der Waals surface area contributed by atoms with Crippen molar-refractivity contribution >= 4 is 43.6 Å². The Morgan fingerprint density at radius 2 is 0.475 bits per heavy atom. The second-order valence-electron chi connectivity index (χ2n) is 20.3. The van der Waals surface area contributed by atoms with Gasteiger partial charge in [0.05, 0.1) is 33.4 Å². The highest BCUT2D eigenvalue weighted by Gasteiger charge is 2.21. The molecule has 0 saturated carbocycles. The maximum absolute atomic E-state index is 5.34. The van der Waals surface area contributed by atoms with Crippen molar-refractivity contribution in [2.45, 2.75) is 0 Å². The minimum Gasteiger partial charge on any atom is -0.309 e. The fourth-order valence-corrected chi connectivity index (χ4v) is 11.8. The summed E-state index contributed by atoms with van der Waals surface area (Å²) in [6.45, 7) is 0. The van der Waals surface area contributed by atoms with Crippen molar-refractivity contribution in [1.29, 1.82) is 0 Å². The van der Waals surface area contributed by atoms with Crippen LogP contribution in [0.3, 0.4) is 0 Å². The van der Waals surface area contributed by atoms with E-state index < -0.39 is 0 Å². The molecule has 0 aliphatic rings. The third-order valence-electron chi connectivity index (χ3n) is 15.6. The number of para-hydroxylation sites is 4. The van der Waals surface area contributed by atoms with E-state index in [2.05, 4.69) is 288 Å². The third kappa shape index (κ3) is 8.24. The van der Waals surface area contributed by atoms with Crippen molar-refractivity contribution in [1.82, 2.24) is 24.1 Å². The van der Waals surface area contributed by atoms with Gasteiger partial charge in [-0.25, -0.2) is 15.0 Å². The van der Waals surface area contributed by atoms with Crippen molar-refractivity contribution in [2.24, 2.45) is 0 Å². The van der Waals surface area contributed by atoms with E-state index in [1.54, 1.807) is 0 Å². The monoisotopic (exact) mass is 1020 g/mol. The predicted molar refractivity (Wildman–Crippen MR) is 332 cm³/mol. The molecule has 3 heterocycles. The molecule has 80 heavy (non-hydrogen) atoms. The summed E-state index contributed by atoms with van der Waals surface area (Å²) in [6.07, 6.45) is 0. The topological polar surface area (TPSA) is 48.5 Å². The van der Waals surface area contributed by atoms with E-state index in [1.807, 2.05) is 18.2 Å². The van der Waals surface area contributed by atoms with E-state index in [0.717, 1.165) is 94.6 Å². The molecule has 3 aromatic heterocycles. The Balaban J connectivity index is 0.870. The van der Waals surface area contributed by atoms with E-state index in [-0.39, 0.29) is 0 Å². The molecule has 0 atom stereocenters. The first kappa shape index (κ1) is 46.5. The molecule has 15 rings (SSSR count). The fraction of sp³-hybridized carbons (Fsp3) is 0. The fourth-order valence-electron chi connectivity index (χ4n) is 11.8. The van der Waals surface area contributed by atoms with Gasteiger partial charge in [0.2, 0.25) is 0 Å². The van der Waals surface area contributed by atoms with Crippen LogP contribution in [0.15, 0.2) is 297 Å². The summed E-state index contributed by atoms with van der Waals surface area (Å²) in [5.74, 6) is 1.80. The Morgan fingerprint density at radius 3 is 0.950 bits per heavy atom. The normalized spacial score (nSPS) is 11.5. The first-order chi connectivity index (χ1) is 39.7. The molecule has 5 nitrogen and oxygen atoms in total. The summed E-state index contributed by atoms with van der Waals surface area (Å²) >= 11 is 0. The zero-order chi connectivity index (χ0) is 52.9. The quantitative estimate of drug-likeness (QED) is 0.137. The predicted octanol–water partition coefficient (Wildman–Crippen LogP) is 19.4. The molecular weight excluding hydrogens is 971 g/mol. The zero-order valence-corrected chi connectivity index (χ0v) is 43.5. The molecule has 15 aromatic rings. The minimum absolute atomic E-state index is 0.594. The number of hydrogen-bond donors (Lipinski definition) is 0. The van der Waals surface area contributed by atoms with Crippen LogP contribution in [-0.2, 0) is 0 Å². The van der Waals surface area contributed by atoms with Crippen molar-refractivity contribution in [3.8, 4) is 101 Å². The summed E-state index contributed by atoms with van der Waals surface area (Å²) in [5.41, 5.74) is 20.8. The van der Waals surface area contributed by atoms with E-state index in [0.29, 0.717) is 17.5 Å². The van der Waals surface area contributed by atoms with E-state index >= 15 is 0 Å². The lowest BCUT2D eigenvalue weighted by molar-refractivity contribution is 1.07. The Morgan fingerprint density at radius 1 is 0.188 bits per heavy atom. The molecule has 5 heteroatoms. The molecule has 0 unspecified atom stereocenters. The maximum atomic E-state index is 5.34. The molecule has 0 amide bonds. The highest BCUT2D eigenvalue weighted by Crippen LogP contribution is 2.42. The van der Waals surface area contributed by atoms with Gasteiger partial charge in [-0.1, -0.05) is 237 Å². The molecule has 12 aromatic carbocycles. The lowest BCUT2D eigenvalue weighted by Crippen LogP contribution is -2.01. The van der Waals surface area contributed by atoms with Gasteiger partial charge >= 0.3 is 0 Å². The lowest BCUT2D eigenvalue weighted by atomic mass is 9.94. The number of hydrogen-bond acceptors (Lipinski definition) is 3. The summed E-state index contributed by atoms with van der Waals surface area (Å²) in [6, 6.07) is 106. The van der Waals surface area contributed by atoms with Crippen LogP contribution in [0, 0.1) is 0 Å². The maximum Gasteiger partial charge on any atom is 0.164 e. The van der Waals surface area contributed by atoms with Crippen molar-refractivity contribution < 1.29 is 0 Å². The van der Waals surface area contributed by atoms with Crippen LogP contribution < -0.4 is 0 Å². The SMILES string of the molecule is c1ccc(-c2cccc(-c3ccc(-n4c5ccccc5c5ccccc54)c(-c4ccc(-c5nc(-c6ccccc6)nc(-c6cccc(-c7cc(-c8ccccc8)ccc7-n7c8ccccc8c8ccccc87)c6)n5)cc4)c3)c2)cc1. The highest BCUT2D eigenvalue weighted by atomic mass is 15.0. The summed E-state index contributed by atoms with van der Waals surface area (Å²) in [7, 11) is 0. The third-order valence-corrected chi connectivity index (χ3v) is 15.6. The van der Waals surface area contributed by atoms with Gasteiger partial charge < -0.3 is 9.13 Å². The smallest absolute Gasteiger partial charge is 0.164 e. The second kappa shape index (κ2) is 19.7. The first-order valence-electron chi connectivity index (χ1n) is 27.2. The van der Waals surface area contributed by atoms with E-state index in [1.165, 1.54) is 32.7 Å². The Bertz CT molecular complexity index is 4700. The van der Waals surface area contributed by atoms with Gasteiger partial charge in [0.25, 0.3) is 0 Å². The second-order valence-corrected chi connectivity index (χ2v) is 20.3. The van der Waals surface area contributed by atoms with Crippen LogP contribution in [0.4, 0.5) is 0 Å². The van der Waals surface area contributed by atoms with Gasteiger partial charge in [-0.2, -0.15) is 0 Å².